The number of alkyl halides is 5. The fourth-order valence-electron chi connectivity index (χ4n) is 2.33. The zero-order valence-electron chi connectivity index (χ0n) is 15.7. The van der Waals surface area contributed by atoms with Gasteiger partial charge >= 0.3 is 12.8 Å². The Balaban J connectivity index is 2.21. The van der Waals surface area contributed by atoms with Gasteiger partial charge in [0.1, 0.15) is 18.1 Å². The average Bonchev–Trinajstić information content (AvgIpc) is 2.67. The molecule has 30 heavy (non-hydrogen) atoms. The van der Waals surface area contributed by atoms with Crippen molar-refractivity contribution < 1.29 is 41.0 Å². The van der Waals surface area contributed by atoms with E-state index in [1.54, 1.807) is 6.07 Å². The maximum absolute atomic E-state index is 13.0. The zero-order chi connectivity index (χ0) is 22.1. The molecule has 0 saturated carbocycles. The molecule has 0 unspecified atom stereocenters. The van der Waals surface area contributed by atoms with Gasteiger partial charge in [-0.2, -0.15) is 22.0 Å². The number of para-hydroxylation sites is 1. The Morgan fingerprint density at radius 1 is 1.10 bits per heavy atom. The molecule has 1 amide bonds. The molecule has 10 heteroatoms. The van der Waals surface area contributed by atoms with Crippen LogP contribution in [0.5, 0.6) is 11.5 Å². The van der Waals surface area contributed by atoms with Crippen LogP contribution >= 0.6 is 0 Å². The number of carbonyl (C=O) groups excluding carboxylic acids is 1. The molecular weight excluding hydrogens is 413 g/mol. The quantitative estimate of drug-likeness (QED) is 0.346. The summed E-state index contributed by atoms with van der Waals surface area (Å²) in [4.78, 5) is 12.2. The Morgan fingerprint density at radius 3 is 2.50 bits per heavy atom. The van der Waals surface area contributed by atoms with Crippen LogP contribution in [-0.4, -0.2) is 32.8 Å². The number of halogens is 5. The van der Waals surface area contributed by atoms with Crippen LogP contribution < -0.4 is 14.8 Å². The van der Waals surface area contributed by atoms with Crippen molar-refractivity contribution in [2.45, 2.75) is 12.8 Å². The second-order valence-corrected chi connectivity index (χ2v) is 5.79. The minimum Gasteiger partial charge on any atom is -0.489 e. The summed E-state index contributed by atoms with van der Waals surface area (Å²) in [6.07, 6.45) is -2.44. The Hall–Kier alpha value is -3.14. The SMILES string of the molecule is COCCOc1ccc(C(F)(F)F)cc1NC(=O)/C=C/c1ccccc1OC(F)F. The van der Waals surface area contributed by atoms with Crippen LogP contribution in [0.4, 0.5) is 27.6 Å². The van der Waals surface area contributed by atoms with Gasteiger partial charge < -0.3 is 19.5 Å². The van der Waals surface area contributed by atoms with Crippen molar-refractivity contribution in [3.8, 4) is 11.5 Å². The summed E-state index contributed by atoms with van der Waals surface area (Å²) in [5, 5.41) is 2.30. The Bertz CT molecular complexity index is 884. The number of carbonyl (C=O) groups is 1. The van der Waals surface area contributed by atoms with Gasteiger partial charge in [-0.05, 0) is 30.3 Å². The molecule has 0 atom stereocenters. The maximum atomic E-state index is 13.0. The summed E-state index contributed by atoms with van der Waals surface area (Å²) in [5.41, 5.74) is -0.988. The molecule has 0 aliphatic carbocycles. The summed E-state index contributed by atoms with van der Waals surface area (Å²) in [6, 6.07) is 8.39. The van der Waals surface area contributed by atoms with E-state index in [-0.39, 0.29) is 36.0 Å². The molecule has 2 aromatic carbocycles. The van der Waals surface area contributed by atoms with Crippen LogP contribution in [0.3, 0.4) is 0 Å². The van der Waals surface area contributed by atoms with E-state index in [1.807, 2.05) is 0 Å². The van der Waals surface area contributed by atoms with Crippen LogP contribution in [-0.2, 0) is 15.7 Å². The molecule has 0 aliphatic rings. The van der Waals surface area contributed by atoms with Crippen molar-refractivity contribution in [3.63, 3.8) is 0 Å². The standard InChI is InChI=1S/C20H18F5NO4/c1-28-10-11-29-17-8-7-14(20(23,24)25)12-15(17)26-18(27)9-6-13-4-2-3-5-16(13)30-19(21)22/h2-9,12,19H,10-11H2,1H3,(H,26,27)/b9-6+. The summed E-state index contributed by atoms with van der Waals surface area (Å²) in [7, 11) is 1.43. The van der Waals surface area contributed by atoms with Crippen LogP contribution in [0.15, 0.2) is 48.5 Å². The van der Waals surface area contributed by atoms with E-state index in [9.17, 15) is 26.7 Å². The fraction of sp³-hybridized carbons (Fsp3) is 0.250. The van der Waals surface area contributed by atoms with Gasteiger partial charge in [0.05, 0.1) is 17.9 Å². The number of hydrogen-bond donors (Lipinski definition) is 1. The van der Waals surface area contributed by atoms with Crippen LogP contribution in [0.25, 0.3) is 6.08 Å². The van der Waals surface area contributed by atoms with Crippen LogP contribution in [0.2, 0.25) is 0 Å². The largest absolute Gasteiger partial charge is 0.489 e. The molecular formula is C20H18F5NO4. The van der Waals surface area contributed by atoms with E-state index < -0.39 is 24.3 Å². The van der Waals surface area contributed by atoms with Gasteiger partial charge in [-0.1, -0.05) is 18.2 Å². The van der Waals surface area contributed by atoms with Gasteiger partial charge in [0.15, 0.2) is 0 Å². The summed E-state index contributed by atoms with van der Waals surface area (Å²) >= 11 is 0. The first-order valence-corrected chi connectivity index (χ1v) is 8.56. The lowest BCUT2D eigenvalue weighted by atomic mass is 10.1. The van der Waals surface area contributed by atoms with Gasteiger partial charge in [-0.3, -0.25) is 4.79 Å². The molecule has 2 aromatic rings. The number of amides is 1. The smallest absolute Gasteiger partial charge is 0.416 e. The van der Waals surface area contributed by atoms with Crippen molar-refractivity contribution in [2.24, 2.45) is 0 Å². The van der Waals surface area contributed by atoms with Crippen LogP contribution in [0.1, 0.15) is 11.1 Å². The number of ether oxygens (including phenoxy) is 3. The van der Waals surface area contributed by atoms with Gasteiger partial charge in [0.25, 0.3) is 0 Å². The molecule has 0 bridgehead atoms. The molecule has 0 saturated heterocycles. The second kappa shape index (κ2) is 10.6. The highest BCUT2D eigenvalue weighted by Gasteiger charge is 2.31. The molecule has 0 fully saturated rings. The van der Waals surface area contributed by atoms with Gasteiger partial charge in [-0.15, -0.1) is 0 Å². The third-order valence-electron chi connectivity index (χ3n) is 3.66. The summed E-state index contributed by atoms with van der Waals surface area (Å²) in [6.45, 7) is -2.81. The summed E-state index contributed by atoms with van der Waals surface area (Å²) in [5.74, 6) is -0.930. The van der Waals surface area contributed by atoms with Crippen molar-refractivity contribution in [1.82, 2.24) is 0 Å². The number of rotatable bonds is 9. The average molecular weight is 431 g/mol. The molecule has 2 rings (SSSR count). The Kier molecular flexibility index (Phi) is 8.16. The van der Waals surface area contributed by atoms with Crippen molar-refractivity contribution in [3.05, 3.63) is 59.7 Å². The molecule has 5 nitrogen and oxygen atoms in total. The van der Waals surface area contributed by atoms with Crippen LogP contribution in [0, 0.1) is 0 Å². The predicted molar refractivity (Wildman–Crippen MR) is 99.6 cm³/mol. The highest BCUT2D eigenvalue weighted by Crippen LogP contribution is 2.35. The van der Waals surface area contributed by atoms with E-state index in [0.717, 1.165) is 24.3 Å². The maximum Gasteiger partial charge on any atom is 0.416 e. The number of hydrogen-bond acceptors (Lipinski definition) is 4. The van der Waals surface area contributed by atoms with E-state index in [2.05, 4.69) is 10.1 Å². The lowest BCUT2D eigenvalue weighted by Crippen LogP contribution is -2.13. The van der Waals surface area contributed by atoms with E-state index in [0.29, 0.717) is 0 Å². The normalized spacial score (nSPS) is 11.7. The highest BCUT2D eigenvalue weighted by atomic mass is 19.4. The Labute approximate surface area is 169 Å². The van der Waals surface area contributed by atoms with Gasteiger partial charge in [0, 0.05) is 18.7 Å². The topological polar surface area (TPSA) is 56.8 Å². The Morgan fingerprint density at radius 2 is 1.83 bits per heavy atom. The molecule has 1 N–H and O–H groups in total. The minimum absolute atomic E-state index is 0.0169. The third-order valence-corrected chi connectivity index (χ3v) is 3.66. The number of benzene rings is 2. The first-order chi connectivity index (χ1) is 14.2. The monoisotopic (exact) mass is 431 g/mol. The number of anilines is 1. The summed E-state index contributed by atoms with van der Waals surface area (Å²) < 4.78 is 78.4. The molecule has 0 spiro atoms. The van der Waals surface area contributed by atoms with Crippen molar-refractivity contribution in [1.29, 1.82) is 0 Å². The first kappa shape index (κ1) is 23.1. The molecule has 0 aliphatic heterocycles. The van der Waals surface area contributed by atoms with E-state index in [1.165, 1.54) is 31.4 Å². The fourth-order valence-corrected chi connectivity index (χ4v) is 2.33. The first-order valence-electron chi connectivity index (χ1n) is 8.56. The third kappa shape index (κ3) is 7.03. The highest BCUT2D eigenvalue weighted by molar-refractivity contribution is 6.03. The number of methoxy groups -OCH3 is 1. The van der Waals surface area contributed by atoms with E-state index >= 15 is 0 Å². The van der Waals surface area contributed by atoms with Gasteiger partial charge in [-0.25, -0.2) is 0 Å². The minimum atomic E-state index is -4.62. The van der Waals surface area contributed by atoms with Gasteiger partial charge in [0.2, 0.25) is 5.91 Å². The van der Waals surface area contributed by atoms with Crippen molar-refractivity contribution >= 4 is 17.7 Å². The lowest BCUT2D eigenvalue weighted by Gasteiger charge is -2.14. The second-order valence-electron chi connectivity index (χ2n) is 5.79. The lowest BCUT2D eigenvalue weighted by molar-refractivity contribution is -0.137. The molecule has 162 valence electrons. The molecule has 0 aromatic heterocycles. The van der Waals surface area contributed by atoms with Crippen molar-refractivity contribution in [2.75, 3.05) is 25.6 Å². The zero-order valence-corrected chi connectivity index (χ0v) is 15.7. The molecule has 0 heterocycles. The van der Waals surface area contributed by atoms with E-state index in [4.69, 9.17) is 9.47 Å². The number of nitrogens with one attached hydrogen (secondary N) is 1. The molecule has 0 radical (unpaired) electrons. The predicted octanol–water partition coefficient (Wildman–Crippen LogP) is 4.98.